The van der Waals surface area contributed by atoms with E-state index in [1.165, 1.54) is 5.56 Å². The number of carbonyl (C=O) groups excluding carboxylic acids is 1. The molecule has 1 saturated heterocycles. The van der Waals surface area contributed by atoms with Gasteiger partial charge in [0.15, 0.2) is 5.96 Å². The molecule has 1 amide bonds. The van der Waals surface area contributed by atoms with Gasteiger partial charge in [-0.25, -0.2) is 0 Å². The minimum absolute atomic E-state index is 0. The third-order valence-electron chi connectivity index (χ3n) is 5.07. The number of halogens is 1. The topological polar surface area (TPSA) is 69.2 Å². The number of piperazine rings is 1. The van der Waals surface area contributed by atoms with Crippen LogP contribution in [-0.4, -0.2) is 80.1 Å². The number of hydrogen-bond donors (Lipinski definition) is 2. The zero-order valence-electron chi connectivity index (χ0n) is 17.7. The predicted molar refractivity (Wildman–Crippen MR) is 127 cm³/mol. The molecule has 8 heteroatoms. The fourth-order valence-electron chi connectivity index (χ4n) is 3.35. The number of aliphatic imine (C=N–C) groups is 1. The van der Waals surface area contributed by atoms with Crippen LogP contribution in [-0.2, 0) is 4.79 Å². The summed E-state index contributed by atoms with van der Waals surface area (Å²) >= 11 is 0. The third kappa shape index (κ3) is 8.00. The Morgan fingerprint density at radius 2 is 2.00 bits per heavy atom. The summed E-state index contributed by atoms with van der Waals surface area (Å²) < 4.78 is 5.99. The van der Waals surface area contributed by atoms with Crippen LogP contribution >= 0.6 is 24.0 Å². The minimum atomic E-state index is 0. The zero-order chi connectivity index (χ0) is 19.9. The summed E-state index contributed by atoms with van der Waals surface area (Å²) in [5.41, 5.74) is 1.19. The second kappa shape index (κ2) is 11.6. The highest BCUT2D eigenvalue weighted by Crippen LogP contribution is 2.18. The van der Waals surface area contributed by atoms with Crippen LogP contribution < -0.4 is 15.4 Å². The number of benzene rings is 1. The van der Waals surface area contributed by atoms with Gasteiger partial charge < -0.3 is 20.3 Å². The summed E-state index contributed by atoms with van der Waals surface area (Å²) in [7, 11) is 1.81. The highest BCUT2D eigenvalue weighted by Gasteiger charge is 2.26. The van der Waals surface area contributed by atoms with Gasteiger partial charge in [0, 0.05) is 39.3 Å². The number of ether oxygens (including phenoxy) is 1. The highest BCUT2D eigenvalue weighted by molar-refractivity contribution is 14.0. The molecule has 1 heterocycles. The molecule has 1 aromatic carbocycles. The summed E-state index contributed by atoms with van der Waals surface area (Å²) in [6, 6.07) is 8.53. The van der Waals surface area contributed by atoms with Crippen LogP contribution in [0.4, 0.5) is 0 Å². The fourth-order valence-corrected chi connectivity index (χ4v) is 3.35. The van der Waals surface area contributed by atoms with E-state index < -0.39 is 0 Å². The first-order valence-corrected chi connectivity index (χ1v) is 10.2. The van der Waals surface area contributed by atoms with E-state index in [9.17, 15) is 4.79 Å². The Bertz CT molecular complexity index is 687. The normalized spacial score (nSPS) is 18.6. The van der Waals surface area contributed by atoms with Crippen LogP contribution in [0.5, 0.6) is 5.75 Å². The number of nitrogens with one attached hydrogen (secondary N) is 2. The standard InChI is InChI=1S/C21H33N5O2.HI/c1-16-5-4-6-19(13-16)28-17(2)14-23-21(22-3)26-11-9-25(10-12-26)15-20(27)24-18-7-8-18;/h4-6,13,17-18H,7-12,14-15H2,1-3H3,(H,22,23)(H,24,27);1H. The van der Waals surface area contributed by atoms with E-state index in [0.29, 0.717) is 19.1 Å². The molecule has 0 radical (unpaired) electrons. The molecular weight excluding hydrogens is 481 g/mol. The van der Waals surface area contributed by atoms with Gasteiger partial charge in [0.25, 0.3) is 0 Å². The molecule has 2 fully saturated rings. The average Bonchev–Trinajstić information content (AvgIpc) is 3.47. The monoisotopic (exact) mass is 515 g/mol. The smallest absolute Gasteiger partial charge is 0.234 e. The molecule has 2 aliphatic rings. The maximum absolute atomic E-state index is 12.0. The largest absolute Gasteiger partial charge is 0.489 e. The molecule has 2 N–H and O–H groups in total. The van der Waals surface area contributed by atoms with Gasteiger partial charge in [-0.15, -0.1) is 24.0 Å². The number of hydrogen-bond acceptors (Lipinski definition) is 4. The van der Waals surface area contributed by atoms with Crippen molar-refractivity contribution in [1.82, 2.24) is 20.4 Å². The van der Waals surface area contributed by atoms with Gasteiger partial charge in [-0.1, -0.05) is 12.1 Å². The minimum Gasteiger partial charge on any atom is -0.489 e. The molecule has 1 aromatic rings. The number of nitrogens with zero attached hydrogens (tertiary/aromatic N) is 3. The molecular formula is C21H34IN5O2. The van der Waals surface area contributed by atoms with Crippen molar-refractivity contribution in [3.05, 3.63) is 29.8 Å². The summed E-state index contributed by atoms with van der Waals surface area (Å²) in [6.45, 7) is 8.77. The van der Waals surface area contributed by atoms with E-state index in [4.69, 9.17) is 4.74 Å². The predicted octanol–water partition coefficient (Wildman–Crippen LogP) is 1.85. The lowest BCUT2D eigenvalue weighted by Crippen LogP contribution is -2.54. The van der Waals surface area contributed by atoms with E-state index in [0.717, 1.165) is 50.7 Å². The van der Waals surface area contributed by atoms with Crippen molar-refractivity contribution in [2.24, 2.45) is 4.99 Å². The lowest BCUT2D eigenvalue weighted by atomic mass is 10.2. The van der Waals surface area contributed by atoms with Crippen LogP contribution in [0.1, 0.15) is 25.3 Å². The van der Waals surface area contributed by atoms with Crippen molar-refractivity contribution in [2.45, 2.75) is 38.8 Å². The summed E-state index contributed by atoms with van der Waals surface area (Å²) in [4.78, 5) is 20.8. The molecule has 1 saturated carbocycles. The number of rotatable bonds is 7. The Labute approximate surface area is 191 Å². The highest BCUT2D eigenvalue weighted by atomic mass is 127. The lowest BCUT2D eigenvalue weighted by molar-refractivity contribution is -0.122. The van der Waals surface area contributed by atoms with Crippen LogP contribution in [0.3, 0.4) is 0 Å². The zero-order valence-corrected chi connectivity index (χ0v) is 20.0. The number of guanidine groups is 1. The first-order chi connectivity index (χ1) is 13.5. The summed E-state index contributed by atoms with van der Waals surface area (Å²) in [6.07, 6.45) is 2.30. The van der Waals surface area contributed by atoms with Crippen molar-refractivity contribution in [3.8, 4) is 5.75 Å². The molecule has 0 bridgehead atoms. The van der Waals surface area contributed by atoms with E-state index in [2.05, 4.69) is 45.3 Å². The van der Waals surface area contributed by atoms with Crippen molar-refractivity contribution < 1.29 is 9.53 Å². The van der Waals surface area contributed by atoms with Gasteiger partial charge in [0.1, 0.15) is 11.9 Å². The average molecular weight is 515 g/mol. The van der Waals surface area contributed by atoms with Crippen molar-refractivity contribution >= 4 is 35.8 Å². The van der Waals surface area contributed by atoms with Gasteiger partial charge in [0.05, 0.1) is 13.1 Å². The molecule has 0 spiro atoms. The molecule has 1 unspecified atom stereocenters. The van der Waals surface area contributed by atoms with Crippen LogP contribution in [0.25, 0.3) is 0 Å². The molecule has 7 nitrogen and oxygen atoms in total. The number of carbonyl (C=O) groups is 1. The summed E-state index contributed by atoms with van der Waals surface area (Å²) in [5.74, 6) is 1.93. The molecule has 1 aliphatic carbocycles. The van der Waals surface area contributed by atoms with Gasteiger partial charge in [-0.05, 0) is 44.4 Å². The summed E-state index contributed by atoms with van der Waals surface area (Å²) in [5, 5.41) is 6.48. The fraction of sp³-hybridized carbons (Fsp3) is 0.619. The van der Waals surface area contributed by atoms with Crippen LogP contribution in [0.15, 0.2) is 29.3 Å². The second-order valence-corrected chi connectivity index (χ2v) is 7.78. The van der Waals surface area contributed by atoms with Gasteiger partial charge in [-0.2, -0.15) is 0 Å². The molecule has 29 heavy (non-hydrogen) atoms. The maximum Gasteiger partial charge on any atom is 0.234 e. The Morgan fingerprint density at radius 1 is 1.28 bits per heavy atom. The number of amides is 1. The van der Waals surface area contributed by atoms with Gasteiger partial charge in [-0.3, -0.25) is 14.7 Å². The first kappa shape index (κ1) is 23.7. The Balaban J connectivity index is 0.00000300. The first-order valence-electron chi connectivity index (χ1n) is 10.2. The lowest BCUT2D eigenvalue weighted by Gasteiger charge is -2.36. The Hall–Kier alpha value is -1.55. The van der Waals surface area contributed by atoms with E-state index in [1.54, 1.807) is 0 Å². The quantitative estimate of drug-likeness (QED) is 0.330. The van der Waals surface area contributed by atoms with E-state index >= 15 is 0 Å². The van der Waals surface area contributed by atoms with Gasteiger partial charge in [0.2, 0.25) is 5.91 Å². The Morgan fingerprint density at radius 3 is 2.62 bits per heavy atom. The molecule has 3 rings (SSSR count). The third-order valence-corrected chi connectivity index (χ3v) is 5.07. The van der Waals surface area contributed by atoms with E-state index in [1.807, 2.05) is 25.2 Å². The van der Waals surface area contributed by atoms with Crippen molar-refractivity contribution in [2.75, 3.05) is 46.3 Å². The van der Waals surface area contributed by atoms with E-state index in [-0.39, 0.29) is 36.0 Å². The SMILES string of the molecule is CN=C(NCC(C)Oc1cccc(C)c1)N1CCN(CC(=O)NC2CC2)CC1.I. The van der Waals surface area contributed by atoms with Gasteiger partial charge >= 0.3 is 0 Å². The molecule has 162 valence electrons. The maximum atomic E-state index is 12.0. The molecule has 1 aliphatic heterocycles. The second-order valence-electron chi connectivity index (χ2n) is 7.78. The van der Waals surface area contributed by atoms with Crippen molar-refractivity contribution in [3.63, 3.8) is 0 Å². The van der Waals surface area contributed by atoms with Crippen molar-refractivity contribution in [1.29, 1.82) is 0 Å². The molecule has 1 atom stereocenters. The Kier molecular flexibility index (Phi) is 9.48. The number of aryl methyl sites for hydroxylation is 1. The van der Waals surface area contributed by atoms with Crippen LogP contribution in [0, 0.1) is 6.92 Å². The van der Waals surface area contributed by atoms with Crippen LogP contribution in [0.2, 0.25) is 0 Å². The molecule has 0 aromatic heterocycles.